The minimum absolute atomic E-state index is 0.0410. The number of aliphatic hydroxyl groups is 4. The molecule has 1 saturated heterocycles. The molecule has 0 unspecified atom stereocenters. The third kappa shape index (κ3) is 3.87. The molecule has 4 rings (SSSR count). The van der Waals surface area contributed by atoms with Crippen molar-refractivity contribution in [2.75, 3.05) is 13.7 Å². The first-order valence-electron chi connectivity index (χ1n) is 10.0. The van der Waals surface area contributed by atoms with Crippen molar-refractivity contribution in [2.24, 2.45) is 0 Å². The Morgan fingerprint density at radius 3 is 2.26 bits per heavy atom. The van der Waals surface area contributed by atoms with Gasteiger partial charge in [0, 0.05) is 11.6 Å². The Kier molecular flexibility index (Phi) is 6.25. The van der Waals surface area contributed by atoms with Crippen LogP contribution in [0.3, 0.4) is 0 Å². The van der Waals surface area contributed by atoms with Crippen molar-refractivity contribution in [1.82, 2.24) is 0 Å². The van der Waals surface area contributed by atoms with E-state index in [-0.39, 0.29) is 28.4 Å². The fraction of sp³-hybridized carbons (Fsp3) is 0.318. The number of hydrogen-bond acceptors (Lipinski definition) is 12. The molecule has 0 bridgehead atoms. The minimum Gasteiger partial charge on any atom is -0.508 e. The molecule has 2 aromatic carbocycles. The fourth-order valence-corrected chi connectivity index (χ4v) is 3.64. The van der Waals surface area contributed by atoms with Gasteiger partial charge in [0.15, 0.2) is 17.3 Å². The van der Waals surface area contributed by atoms with E-state index in [0.717, 1.165) is 0 Å². The van der Waals surface area contributed by atoms with Crippen molar-refractivity contribution in [3.8, 4) is 40.1 Å². The molecule has 0 radical (unpaired) electrons. The molecule has 0 spiro atoms. The van der Waals surface area contributed by atoms with E-state index in [1.54, 1.807) is 0 Å². The first-order valence-corrected chi connectivity index (χ1v) is 10.0. The second-order valence-electron chi connectivity index (χ2n) is 7.60. The average molecular weight is 478 g/mol. The zero-order valence-electron chi connectivity index (χ0n) is 17.7. The molecule has 3 aromatic rings. The molecule has 5 atom stereocenters. The Labute approximate surface area is 191 Å². The van der Waals surface area contributed by atoms with Crippen molar-refractivity contribution in [3.63, 3.8) is 0 Å². The number of rotatable bonds is 5. The highest BCUT2D eigenvalue weighted by Gasteiger charge is 2.45. The van der Waals surface area contributed by atoms with E-state index in [0.29, 0.717) is 0 Å². The van der Waals surface area contributed by atoms with Gasteiger partial charge in [-0.1, -0.05) is 0 Å². The SMILES string of the molecule is COc1cc2oc(-c3ccc(O)cc3)c(O)c(=O)c2c(O)c1O[C@@H]1O[C@H](CO)[C@@H](O)[C@H](O)[C@H]1O. The Bertz CT molecular complexity index is 1250. The van der Waals surface area contributed by atoms with Crippen LogP contribution in [0.15, 0.2) is 39.5 Å². The maximum Gasteiger partial charge on any atom is 0.238 e. The van der Waals surface area contributed by atoms with Gasteiger partial charge in [0.1, 0.15) is 41.1 Å². The van der Waals surface area contributed by atoms with Crippen LogP contribution in [0.5, 0.6) is 28.7 Å². The van der Waals surface area contributed by atoms with Crippen LogP contribution in [0, 0.1) is 0 Å². The van der Waals surface area contributed by atoms with Gasteiger partial charge in [0.25, 0.3) is 0 Å². The lowest BCUT2D eigenvalue weighted by Gasteiger charge is -2.39. The Balaban J connectivity index is 1.82. The summed E-state index contributed by atoms with van der Waals surface area (Å²) >= 11 is 0. The quantitative estimate of drug-likeness (QED) is 0.254. The molecular formula is C22H22O12. The summed E-state index contributed by atoms with van der Waals surface area (Å²) < 4.78 is 21.6. The van der Waals surface area contributed by atoms with Gasteiger partial charge >= 0.3 is 0 Å². The van der Waals surface area contributed by atoms with E-state index in [1.807, 2.05) is 0 Å². The topological polar surface area (TPSA) is 200 Å². The van der Waals surface area contributed by atoms with Crippen LogP contribution in [0.1, 0.15) is 0 Å². The summed E-state index contributed by atoms with van der Waals surface area (Å²) in [5.41, 5.74) is -0.918. The maximum absolute atomic E-state index is 12.9. The average Bonchev–Trinajstić information content (AvgIpc) is 2.83. The Morgan fingerprint density at radius 1 is 0.971 bits per heavy atom. The van der Waals surface area contributed by atoms with E-state index in [2.05, 4.69) is 0 Å². The zero-order valence-corrected chi connectivity index (χ0v) is 17.7. The van der Waals surface area contributed by atoms with Crippen LogP contribution in [0.25, 0.3) is 22.3 Å². The zero-order chi connectivity index (χ0) is 24.7. The minimum atomic E-state index is -1.79. The van der Waals surface area contributed by atoms with E-state index >= 15 is 0 Å². The molecule has 182 valence electrons. The van der Waals surface area contributed by atoms with Crippen molar-refractivity contribution in [1.29, 1.82) is 0 Å². The molecule has 1 aromatic heterocycles. The second-order valence-corrected chi connectivity index (χ2v) is 7.60. The summed E-state index contributed by atoms with van der Waals surface area (Å²) in [6.07, 6.45) is -8.12. The standard InChI is InChI=1S/C22H22O12/c1-31-11-6-10-13(15(26)18(29)20(32-10)8-2-4-9(24)5-3-8)16(27)21(11)34-22-19(30)17(28)14(25)12(7-23)33-22/h2-6,12,14,17,19,22-25,27-30H,7H2,1H3/t12-,14-,17+,19-,22+/m1/s1. The molecule has 0 saturated carbocycles. The van der Waals surface area contributed by atoms with E-state index in [9.17, 15) is 40.5 Å². The molecule has 2 heterocycles. The summed E-state index contributed by atoms with van der Waals surface area (Å²) in [5.74, 6) is -2.54. The second kappa shape index (κ2) is 9.00. The molecule has 0 aliphatic carbocycles. The number of fused-ring (bicyclic) bond motifs is 1. The van der Waals surface area contributed by atoms with Crippen LogP contribution in [0.2, 0.25) is 0 Å². The van der Waals surface area contributed by atoms with Crippen LogP contribution in [-0.2, 0) is 4.74 Å². The number of methoxy groups -OCH3 is 1. The number of phenolic OH excluding ortho intramolecular Hbond substituents is 2. The van der Waals surface area contributed by atoms with Crippen molar-refractivity contribution in [3.05, 3.63) is 40.6 Å². The normalized spacial score (nSPS) is 24.8. The highest BCUT2D eigenvalue weighted by molar-refractivity contribution is 5.91. The monoisotopic (exact) mass is 478 g/mol. The van der Waals surface area contributed by atoms with Gasteiger partial charge in [-0.2, -0.15) is 0 Å². The van der Waals surface area contributed by atoms with Crippen LogP contribution < -0.4 is 14.9 Å². The number of phenols is 2. The number of ether oxygens (including phenoxy) is 3. The summed E-state index contributed by atoms with van der Waals surface area (Å²) in [4.78, 5) is 12.9. The highest BCUT2D eigenvalue weighted by atomic mass is 16.7. The first-order chi connectivity index (χ1) is 16.2. The van der Waals surface area contributed by atoms with E-state index in [1.165, 1.54) is 37.4 Å². The molecule has 7 N–H and O–H groups in total. The van der Waals surface area contributed by atoms with Crippen LogP contribution in [0.4, 0.5) is 0 Å². The molecular weight excluding hydrogens is 456 g/mol. The third-order valence-electron chi connectivity index (χ3n) is 5.49. The number of hydrogen-bond donors (Lipinski definition) is 7. The predicted octanol–water partition coefficient (Wildman–Crippen LogP) is -0.236. The molecule has 0 amide bonds. The molecule has 34 heavy (non-hydrogen) atoms. The van der Waals surface area contributed by atoms with Crippen LogP contribution >= 0.6 is 0 Å². The number of aromatic hydroxyl groups is 3. The van der Waals surface area contributed by atoms with Gasteiger partial charge in [0.2, 0.25) is 23.2 Å². The summed E-state index contributed by atoms with van der Waals surface area (Å²) in [6, 6.07) is 6.67. The Hall–Kier alpha value is -3.55. The molecule has 1 fully saturated rings. The smallest absolute Gasteiger partial charge is 0.238 e. The fourth-order valence-electron chi connectivity index (χ4n) is 3.64. The van der Waals surface area contributed by atoms with Gasteiger partial charge in [-0.25, -0.2) is 0 Å². The molecule has 1 aliphatic rings. The molecule has 1 aliphatic heterocycles. The summed E-state index contributed by atoms with van der Waals surface area (Å²) in [7, 11) is 1.22. The lowest BCUT2D eigenvalue weighted by molar-refractivity contribution is -0.277. The van der Waals surface area contributed by atoms with Gasteiger partial charge in [-0.15, -0.1) is 0 Å². The first kappa shape index (κ1) is 23.6. The van der Waals surface area contributed by atoms with Gasteiger partial charge in [-0.05, 0) is 24.3 Å². The predicted molar refractivity (Wildman–Crippen MR) is 114 cm³/mol. The highest BCUT2D eigenvalue weighted by Crippen LogP contribution is 2.45. The Morgan fingerprint density at radius 2 is 1.65 bits per heavy atom. The molecule has 12 heteroatoms. The van der Waals surface area contributed by atoms with Gasteiger partial charge in [0.05, 0.1) is 13.7 Å². The summed E-state index contributed by atoms with van der Waals surface area (Å²) in [6.45, 7) is -0.705. The molecule has 12 nitrogen and oxygen atoms in total. The largest absolute Gasteiger partial charge is 0.508 e. The third-order valence-corrected chi connectivity index (χ3v) is 5.49. The van der Waals surface area contributed by atoms with Gasteiger partial charge in [-0.3, -0.25) is 4.79 Å². The van der Waals surface area contributed by atoms with Gasteiger partial charge < -0.3 is 54.4 Å². The lowest BCUT2D eigenvalue weighted by atomic mass is 9.99. The van der Waals surface area contributed by atoms with Crippen molar-refractivity contribution in [2.45, 2.75) is 30.7 Å². The van der Waals surface area contributed by atoms with Crippen molar-refractivity contribution >= 4 is 11.0 Å². The number of benzene rings is 2. The van der Waals surface area contributed by atoms with Crippen molar-refractivity contribution < 1.29 is 54.4 Å². The van der Waals surface area contributed by atoms with E-state index < -0.39 is 65.4 Å². The maximum atomic E-state index is 12.9. The van der Waals surface area contributed by atoms with Crippen LogP contribution in [-0.4, -0.2) is 80.2 Å². The van der Waals surface area contributed by atoms with E-state index in [4.69, 9.17) is 18.6 Å². The lowest BCUT2D eigenvalue weighted by Crippen LogP contribution is -2.60. The summed E-state index contributed by atoms with van der Waals surface area (Å²) in [5, 5.41) is 69.7. The number of aliphatic hydroxyl groups excluding tert-OH is 4.